The van der Waals surface area contributed by atoms with Crippen LogP contribution in [0.25, 0.3) is 0 Å². The van der Waals surface area contributed by atoms with E-state index in [1.165, 1.54) is 32.6 Å². The summed E-state index contributed by atoms with van der Waals surface area (Å²) in [6.45, 7) is 10.2. The van der Waals surface area contributed by atoms with Gasteiger partial charge in [-0.1, -0.05) is 0 Å². The van der Waals surface area contributed by atoms with Crippen molar-refractivity contribution in [2.45, 2.75) is 19.8 Å². The van der Waals surface area contributed by atoms with E-state index in [0.29, 0.717) is 0 Å². The van der Waals surface area contributed by atoms with Crippen molar-refractivity contribution >= 4 is 0 Å². The van der Waals surface area contributed by atoms with Gasteiger partial charge in [-0.3, -0.25) is 0 Å². The second kappa shape index (κ2) is 7.68. The minimum atomic E-state index is 1.01. The van der Waals surface area contributed by atoms with Gasteiger partial charge in [-0.15, -0.1) is 0 Å². The molecule has 0 unspecified atom stereocenters. The summed E-state index contributed by atoms with van der Waals surface area (Å²) >= 11 is 0. The fraction of sp³-hybridized carbons (Fsp3) is 0.733. The van der Waals surface area contributed by atoms with Crippen LogP contribution in [0.15, 0.2) is 16.5 Å². The van der Waals surface area contributed by atoms with E-state index in [4.69, 9.17) is 4.42 Å². The van der Waals surface area contributed by atoms with E-state index in [0.717, 1.165) is 37.6 Å². The van der Waals surface area contributed by atoms with E-state index >= 15 is 0 Å². The third kappa shape index (κ3) is 5.35. The second-order valence-corrected chi connectivity index (χ2v) is 5.51. The minimum Gasteiger partial charge on any atom is -0.466 e. The predicted molar refractivity (Wildman–Crippen MR) is 78.6 cm³/mol. The molecule has 1 aromatic rings. The number of hydrogen-bond donors (Lipinski definition) is 1. The molecular weight excluding hydrogens is 238 g/mol. The number of likely N-dealkylation sites (N-methyl/N-ethyl adjacent to an activating group) is 1. The Balaban J connectivity index is 1.55. The zero-order chi connectivity index (χ0) is 13.5. The van der Waals surface area contributed by atoms with E-state index < -0.39 is 0 Å². The quantitative estimate of drug-likeness (QED) is 0.806. The van der Waals surface area contributed by atoms with Crippen LogP contribution in [0.4, 0.5) is 0 Å². The molecule has 19 heavy (non-hydrogen) atoms. The fourth-order valence-corrected chi connectivity index (χ4v) is 2.53. The molecule has 108 valence electrons. The number of nitrogens with one attached hydrogen (secondary N) is 1. The maximum atomic E-state index is 5.59. The first-order chi connectivity index (χ1) is 9.24. The summed E-state index contributed by atoms with van der Waals surface area (Å²) in [7, 11) is 2.20. The summed E-state index contributed by atoms with van der Waals surface area (Å²) in [6.07, 6.45) is 2.27. The standard InChI is InChI=1S/C15H27N3O/c1-14-4-5-15(19-14)6-11-17(2)9-3-10-18-12-7-16-8-13-18/h4-5,16H,3,6-13H2,1-2H3. The molecule has 2 heterocycles. The van der Waals surface area contributed by atoms with E-state index in [1.54, 1.807) is 0 Å². The van der Waals surface area contributed by atoms with Gasteiger partial charge in [0.25, 0.3) is 0 Å². The van der Waals surface area contributed by atoms with E-state index in [-0.39, 0.29) is 0 Å². The zero-order valence-electron chi connectivity index (χ0n) is 12.3. The van der Waals surface area contributed by atoms with Gasteiger partial charge in [0.05, 0.1) is 0 Å². The Kier molecular flexibility index (Phi) is 5.89. The lowest BCUT2D eigenvalue weighted by Crippen LogP contribution is -2.44. The summed E-state index contributed by atoms with van der Waals surface area (Å²) < 4.78 is 5.59. The highest BCUT2D eigenvalue weighted by molar-refractivity contribution is 5.05. The van der Waals surface area contributed by atoms with Gasteiger partial charge in [0, 0.05) is 39.1 Å². The Hall–Kier alpha value is -0.840. The highest BCUT2D eigenvalue weighted by Gasteiger charge is 2.09. The molecule has 1 N–H and O–H groups in total. The van der Waals surface area contributed by atoms with Crippen molar-refractivity contribution in [3.05, 3.63) is 23.7 Å². The SMILES string of the molecule is Cc1ccc(CCN(C)CCCN2CCNCC2)o1. The third-order valence-electron chi connectivity index (χ3n) is 3.76. The van der Waals surface area contributed by atoms with Crippen LogP contribution in [0.1, 0.15) is 17.9 Å². The molecule has 2 rings (SSSR count). The lowest BCUT2D eigenvalue weighted by atomic mass is 10.3. The van der Waals surface area contributed by atoms with Gasteiger partial charge in [-0.25, -0.2) is 0 Å². The first-order valence-electron chi connectivity index (χ1n) is 7.41. The van der Waals surface area contributed by atoms with E-state index in [1.807, 2.05) is 13.0 Å². The van der Waals surface area contributed by atoms with Crippen molar-refractivity contribution in [1.29, 1.82) is 0 Å². The molecule has 1 aliphatic heterocycles. The molecule has 0 bridgehead atoms. The molecule has 1 saturated heterocycles. The van der Waals surface area contributed by atoms with Crippen LogP contribution in [-0.4, -0.2) is 62.7 Å². The summed E-state index contributed by atoms with van der Waals surface area (Å²) in [4.78, 5) is 4.96. The molecule has 4 heteroatoms. The Labute approximate surface area is 116 Å². The Morgan fingerprint density at radius 1 is 1.26 bits per heavy atom. The molecule has 0 radical (unpaired) electrons. The smallest absolute Gasteiger partial charge is 0.105 e. The van der Waals surface area contributed by atoms with E-state index in [2.05, 4.69) is 28.2 Å². The number of aryl methyl sites for hydroxylation is 1. The molecule has 0 amide bonds. The van der Waals surface area contributed by atoms with E-state index in [9.17, 15) is 0 Å². The fourth-order valence-electron chi connectivity index (χ4n) is 2.53. The number of furan rings is 1. The molecule has 1 fully saturated rings. The topological polar surface area (TPSA) is 31.6 Å². The van der Waals surface area contributed by atoms with Crippen molar-refractivity contribution in [1.82, 2.24) is 15.1 Å². The summed E-state index contributed by atoms with van der Waals surface area (Å²) in [5.41, 5.74) is 0. The number of nitrogens with zero attached hydrogens (tertiary/aromatic N) is 2. The molecule has 4 nitrogen and oxygen atoms in total. The average molecular weight is 265 g/mol. The first-order valence-corrected chi connectivity index (χ1v) is 7.41. The highest BCUT2D eigenvalue weighted by atomic mass is 16.3. The summed E-state index contributed by atoms with van der Waals surface area (Å²) in [6, 6.07) is 4.13. The molecule has 0 spiro atoms. The Bertz CT molecular complexity index is 358. The number of hydrogen-bond acceptors (Lipinski definition) is 4. The maximum absolute atomic E-state index is 5.59. The molecular formula is C15H27N3O. The lowest BCUT2D eigenvalue weighted by Gasteiger charge is -2.27. The molecule has 0 aromatic carbocycles. The van der Waals surface area contributed by atoms with Crippen LogP contribution in [0.2, 0.25) is 0 Å². The lowest BCUT2D eigenvalue weighted by molar-refractivity contribution is 0.221. The van der Waals surface area contributed by atoms with Crippen LogP contribution in [0.5, 0.6) is 0 Å². The van der Waals surface area contributed by atoms with Crippen LogP contribution in [-0.2, 0) is 6.42 Å². The van der Waals surface area contributed by atoms with Gasteiger partial charge in [0.15, 0.2) is 0 Å². The third-order valence-corrected chi connectivity index (χ3v) is 3.76. The molecule has 1 aliphatic rings. The number of rotatable bonds is 7. The molecule has 0 saturated carbocycles. The number of piperazine rings is 1. The molecule has 1 aromatic heterocycles. The van der Waals surface area contributed by atoms with Crippen LogP contribution < -0.4 is 5.32 Å². The van der Waals surface area contributed by atoms with Gasteiger partial charge in [0.1, 0.15) is 11.5 Å². The monoisotopic (exact) mass is 265 g/mol. The van der Waals surface area contributed by atoms with Crippen molar-refractivity contribution in [3.8, 4) is 0 Å². The normalized spacial score (nSPS) is 17.2. The van der Waals surface area contributed by atoms with Crippen LogP contribution in [0.3, 0.4) is 0 Å². The highest BCUT2D eigenvalue weighted by Crippen LogP contribution is 2.07. The molecule has 0 aliphatic carbocycles. The van der Waals surface area contributed by atoms with Crippen molar-refractivity contribution in [2.75, 3.05) is 52.9 Å². The second-order valence-electron chi connectivity index (χ2n) is 5.51. The maximum Gasteiger partial charge on any atom is 0.105 e. The van der Waals surface area contributed by atoms with Gasteiger partial charge in [0.2, 0.25) is 0 Å². The summed E-state index contributed by atoms with van der Waals surface area (Å²) in [5, 5.41) is 3.39. The van der Waals surface area contributed by atoms with Crippen molar-refractivity contribution in [3.63, 3.8) is 0 Å². The Morgan fingerprint density at radius 2 is 2.05 bits per heavy atom. The van der Waals surface area contributed by atoms with Crippen molar-refractivity contribution < 1.29 is 4.42 Å². The van der Waals surface area contributed by atoms with Gasteiger partial charge in [-0.2, -0.15) is 0 Å². The predicted octanol–water partition coefficient (Wildman–Crippen LogP) is 1.36. The summed E-state index contributed by atoms with van der Waals surface area (Å²) in [5.74, 6) is 2.11. The Morgan fingerprint density at radius 3 is 2.74 bits per heavy atom. The van der Waals surface area contributed by atoms with Gasteiger partial charge in [-0.05, 0) is 45.6 Å². The van der Waals surface area contributed by atoms with Crippen molar-refractivity contribution in [2.24, 2.45) is 0 Å². The van der Waals surface area contributed by atoms with Gasteiger partial charge < -0.3 is 19.5 Å². The first kappa shape index (κ1) is 14.6. The molecule has 0 atom stereocenters. The van der Waals surface area contributed by atoms with Crippen LogP contribution >= 0.6 is 0 Å². The average Bonchev–Trinajstić information content (AvgIpc) is 2.83. The van der Waals surface area contributed by atoms with Crippen LogP contribution in [0, 0.1) is 6.92 Å². The largest absolute Gasteiger partial charge is 0.466 e. The zero-order valence-corrected chi connectivity index (χ0v) is 12.3. The minimum absolute atomic E-state index is 1.01. The van der Waals surface area contributed by atoms with Gasteiger partial charge >= 0.3 is 0 Å².